The first-order chi connectivity index (χ1) is 11.9. The molecule has 0 saturated carbocycles. The number of nitrogens with two attached hydrogens (primary N) is 1. The predicted octanol–water partition coefficient (Wildman–Crippen LogP) is 2.10. The second kappa shape index (κ2) is 6.33. The number of H-pyrrole nitrogens is 1. The van der Waals surface area contributed by atoms with E-state index in [9.17, 15) is 14.0 Å². The second-order valence-electron chi connectivity index (χ2n) is 6.55. The molecule has 1 unspecified atom stereocenters. The number of carboxylic acid groups (broad SMARTS) is 1. The van der Waals surface area contributed by atoms with Gasteiger partial charge in [-0.3, -0.25) is 4.79 Å². The van der Waals surface area contributed by atoms with Crippen LogP contribution in [-0.2, 0) is 0 Å². The molecule has 0 amide bonds. The number of allylic oxidation sites excluding steroid dienone is 1. The van der Waals surface area contributed by atoms with Crippen molar-refractivity contribution in [3.05, 3.63) is 52.6 Å². The molecule has 0 aliphatic carbocycles. The van der Waals surface area contributed by atoms with Crippen molar-refractivity contribution < 1.29 is 14.3 Å². The van der Waals surface area contributed by atoms with Crippen molar-refractivity contribution in [1.82, 2.24) is 4.98 Å². The number of hydrogen-bond donors (Lipinski definition) is 3. The van der Waals surface area contributed by atoms with Crippen molar-refractivity contribution in [3.63, 3.8) is 0 Å². The van der Waals surface area contributed by atoms with Crippen LogP contribution < -0.4 is 16.1 Å². The van der Waals surface area contributed by atoms with E-state index in [1.807, 2.05) is 11.0 Å². The van der Waals surface area contributed by atoms with Crippen LogP contribution in [0.5, 0.6) is 0 Å². The van der Waals surface area contributed by atoms with Gasteiger partial charge in [0.15, 0.2) is 0 Å². The number of rotatable bonds is 5. The van der Waals surface area contributed by atoms with E-state index in [0.717, 1.165) is 25.1 Å². The summed E-state index contributed by atoms with van der Waals surface area (Å²) in [4.78, 5) is 27.9. The van der Waals surface area contributed by atoms with E-state index in [1.165, 1.54) is 0 Å². The van der Waals surface area contributed by atoms with Crippen molar-refractivity contribution in [2.75, 3.05) is 24.5 Å². The molecule has 0 bridgehead atoms. The lowest BCUT2D eigenvalue weighted by Crippen LogP contribution is -2.34. The molecule has 1 aliphatic rings. The highest BCUT2D eigenvalue weighted by molar-refractivity contribution is 5.93. The highest BCUT2D eigenvalue weighted by Gasteiger charge is 2.36. The molecule has 3 rings (SSSR count). The van der Waals surface area contributed by atoms with Gasteiger partial charge in [0.1, 0.15) is 11.4 Å². The number of aromatic amines is 1. The average molecular weight is 345 g/mol. The summed E-state index contributed by atoms with van der Waals surface area (Å²) >= 11 is 0. The van der Waals surface area contributed by atoms with Crippen LogP contribution in [0.4, 0.5) is 10.1 Å². The van der Waals surface area contributed by atoms with E-state index in [1.54, 1.807) is 6.07 Å². The topological polar surface area (TPSA) is 99.4 Å². The number of carboxylic acids is 1. The minimum atomic E-state index is -1.34. The molecule has 2 aromatic rings. The molecule has 4 N–H and O–H groups in total. The average Bonchev–Trinajstić information content (AvgIpc) is 3.00. The number of halogens is 1. The van der Waals surface area contributed by atoms with E-state index in [0.29, 0.717) is 30.8 Å². The Morgan fingerprint density at radius 1 is 1.52 bits per heavy atom. The maximum atomic E-state index is 14.6. The maximum Gasteiger partial charge on any atom is 0.341 e. The molecule has 0 spiro atoms. The smallest absolute Gasteiger partial charge is 0.341 e. The summed E-state index contributed by atoms with van der Waals surface area (Å²) in [5.74, 6) is -1.89. The fourth-order valence-electron chi connectivity index (χ4n) is 3.49. The van der Waals surface area contributed by atoms with Crippen molar-refractivity contribution in [1.29, 1.82) is 0 Å². The second-order valence-corrected chi connectivity index (χ2v) is 6.55. The molecule has 1 atom stereocenters. The van der Waals surface area contributed by atoms with Crippen LogP contribution in [0.3, 0.4) is 0 Å². The standard InChI is InChI=1S/C18H20FN3O3/c1-2-3-18(9-20)4-5-22(10-18)15-7-14-11(6-13(15)19)16(23)12(8-21-14)17(24)25/h2,6-8H,1,3-5,9-10,20H2,(H,21,23)(H,24,25). The van der Waals surface area contributed by atoms with Gasteiger partial charge in [-0.15, -0.1) is 6.58 Å². The number of pyridine rings is 1. The number of carbonyl (C=O) groups is 1. The zero-order valence-electron chi connectivity index (χ0n) is 13.7. The Bertz CT molecular complexity index is 908. The largest absolute Gasteiger partial charge is 0.477 e. The van der Waals surface area contributed by atoms with Crippen molar-refractivity contribution in [3.8, 4) is 0 Å². The van der Waals surface area contributed by atoms with Gasteiger partial charge in [0.05, 0.1) is 11.2 Å². The van der Waals surface area contributed by atoms with Crippen LogP contribution >= 0.6 is 0 Å². The summed E-state index contributed by atoms with van der Waals surface area (Å²) in [6, 6.07) is 2.66. The summed E-state index contributed by atoms with van der Waals surface area (Å²) in [6.07, 6.45) is 4.56. The fraction of sp³-hybridized carbons (Fsp3) is 0.333. The quantitative estimate of drug-likeness (QED) is 0.721. The highest BCUT2D eigenvalue weighted by Crippen LogP contribution is 2.37. The number of benzene rings is 1. The van der Waals surface area contributed by atoms with Crippen LogP contribution in [0, 0.1) is 11.2 Å². The Morgan fingerprint density at radius 2 is 2.28 bits per heavy atom. The number of aromatic nitrogens is 1. The summed E-state index contributed by atoms with van der Waals surface area (Å²) < 4.78 is 14.6. The number of hydrogen-bond acceptors (Lipinski definition) is 4. The Morgan fingerprint density at radius 3 is 2.92 bits per heavy atom. The molecular formula is C18H20FN3O3. The lowest BCUT2D eigenvalue weighted by Gasteiger charge is -2.27. The van der Waals surface area contributed by atoms with E-state index in [2.05, 4.69) is 11.6 Å². The minimum Gasteiger partial charge on any atom is -0.477 e. The van der Waals surface area contributed by atoms with E-state index in [4.69, 9.17) is 10.8 Å². The van der Waals surface area contributed by atoms with Crippen LogP contribution in [0.25, 0.3) is 10.9 Å². The van der Waals surface area contributed by atoms with E-state index < -0.39 is 22.8 Å². The summed E-state index contributed by atoms with van der Waals surface area (Å²) in [7, 11) is 0. The molecular weight excluding hydrogens is 325 g/mol. The van der Waals surface area contributed by atoms with Gasteiger partial charge < -0.3 is 20.7 Å². The summed E-state index contributed by atoms with van der Waals surface area (Å²) in [5.41, 5.74) is 5.47. The molecule has 1 aromatic carbocycles. The first-order valence-corrected chi connectivity index (χ1v) is 8.05. The van der Waals surface area contributed by atoms with Crippen LogP contribution in [0.15, 0.2) is 35.8 Å². The zero-order valence-corrected chi connectivity index (χ0v) is 13.7. The monoisotopic (exact) mass is 345 g/mol. The Balaban J connectivity index is 2.03. The van der Waals surface area contributed by atoms with Crippen LogP contribution in [0.1, 0.15) is 23.2 Å². The Hall–Kier alpha value is -2.67. The zero-order chi connectivity index (χ0) is 18.2. The van der Waals surface area contributed by atoms with Crippen molar-refractivity contribution in [2.45, 2.75) is 12.8 Å². The minimum absolute atomic E-state index is 0.0246. The lowest BCUT2D eigenvalue weighted by atomic mass is 9.84. The Labute approximate surface area is 143 Å². The first-order valence-electron chi connectivity index (χ1n) is 8.05. The molecule has 25 heavy (non-hydrogen) atoms. The Kier molecular flexibility index (Phi) is 4.34. The third-order valence-electron chi connectivity index (χ3n) is 4.97. The number of aromatic carboxylic acids is 1. The predicted molar refractivity (Wildman–Crippen MR) is 94.6 cm³/mol. The van der Waals surface area contributed by atoms with Gasteiger partial charge in [0, 0.05) is 36.6 Å². The van der Waals surface area contributed by atoms with Gasteiger partial charge in [0.2, 0.25) is 5.43 Å². The fourth-order valence-corrected chi connectivity index (χ4v) is 3.49. The third-order valence-corrected chi connectivity index (χ3v) is 4.97. The first kappa shape index (κ1) is 17.2. The van der Waals surface area contributed by atoms with Gasteiger partial charge >= 0.3 is 5.97 Å². The van der Waals surface area contributed by atoms with Gasteiger partial charge in [-0.1, -0.05) is 6.08 Å². The van der Waals surface area contributed by atoms with Crippen LogP contribution in [-0.4, -0.2) is 35.7 Å². The number of anilines is 1. The normalized spacial score (nSPS) is 20.2. The van der Waals surface area contributed by atoms with Gasteiger partial charge in [-0.05, 0) is 25.0 Å². The molecule has 132 valence electrons. The third kappa shape index (κ3) is 2.91. The van der Waals surface area contributed by atoms with E-state index >= 15 is 0 Å². The number of fused-ring (bicyclic) bond motifs is 1. The number of nitrogens with one attached hydrogen (secondary N) is 1. The summed E-state index contributed by atoms with van der Waals surface area (Å²) in [6.45, 7) is 5.52. The molecule has 1 aromatic heterocycles. The SMILES string of the molecule is C=CCC1(CN)CCN(c2cc3[nH]cc(C(=O)O)c(=O)c3cc2F)C1. The van der Waals surface area contributed by atoms with Crippen LogP contribution in [0.2, 0.25) is 0 Å². The molecule has 7 heteroatoms. The summed E-state index contributed by atoms with van der Waals surface area (Å²) in [5, 5.41) is 9.04. The van der Waals surface area contributed by atoms with Gasteiger partial charge in [-0.2, -0.15) is 0 Å². The molecule has 1 aliphatic heterocycles. The van der Waals surface area contributed by atoms with Gasteiger partial charge in [-0.25, -0.2) is 9.18 Å². The van der Waals surface area contributed by atoms with Crippen molar-refractivity contribution in [2.24, 2.45) is 11.1 Å². The number of nitrogens with zero attached hydrogens (tertiary/aromatic N) is 1. The molecule has 2 heterocycles. The van der Waals surface area contributed by atoms with Crippen molar-refractivity contribution >= 4 is 22.6 Å². The highest BCUT2D eigenvalue weighted by atomic mass is 19.1. The van der Waals surface area contributed by atoms with E-state index in [-0.39, 0.29) is 10.8 Å². The molecule has 1 saturated heterocycles. The lowest BCUT2D eigenvalue weighted by molar-refractivity contribution is 0.0695. The molecule has 0 radical (unpaired) electrons. The van der Waals surface area contributed by atoms with Gasteiger partial charge in [0.25, 0.3) is 0 Å². The molecule has 1 fully saturated rings. The maximum absolute atomic E-state index is 14.6. The molecule has 6 nitrogen and oxygen atoms in total.